The van der Waals surface area contributed by atoms with Gasteiger partial charge in [-0.05, 0) is 6.54 Å². The van der Waals surface area contributed by atoms with E-state index in [1.54, 1.807) is 11.3 Å². The summed E-state index contributed by atoms with van der Waals surface area (Å²) in [5, 5.41) is 3.00. The SMILES string of the molecule is [B]N(CC)NCOCc1cc[c-]s1.[Y]. The second kappa shape index (κ2) is 9.01. The van der Waals surface area contributed by atoms with Crippen LogP contribution in [0.15, 0.2) is 12.1 Å². The molecule has 3 radical (unpaired) electrons. The van der Waals surface area contributed by atoms with Crippen LogP contribution in [0.3, 0.4) is 0 Å². The first-order valence-electron chi connectivity index (χ1n) is 4.11. The Morgan fingerprint density at radius 3 is 3.07 bits per heavy atom. The van der Waals surface area contributed by atoms with Crippen molar-refractivity contribution in [2.45, 2.75) is 13.5 Å². The first kappa shape index (κ1) is 14.7. The largest absolute Gasteiger partial charge is 0.373 e. The molecule has 3 nitrogen and oxygen atoms in total. The molecule has 0 aliphatic carbocycles. The smallest absolute Gasteiger partial charge is 0.206 e. The van der Waals surface area contributed by atoms with E-state index in [2.05, 4.69) is 10.8 Å². The zero-order chi connectivity index (χ0) is 9.52. The zero-order valence-electron chi connectivity index (χ0n) is 8.19. The van der Waals surface area contributed by atoms with E-state index in [0.717, 1.165) is 6.54 Å². The fourth-order valence-corrected chi connectivity index (χ4v) is 1.31. The number of hydrogen-bond donors (Lipinski definition) is 1. The Morgan fingerprint density at radius 1 is 1.71 bits per heavy atom. The molecule has 1 aromatic heterocycles. The second-order valence-corrected chi connectivity index (χ2v) is 3.42. The van der Waals surface area contributed by atoms with Crippen LogP contribution in [0.1, 0.15) is 11.8 Å². The Hall–Kier alpha value is 0.749. The summed E-state index contributed by atoms with van der Waals surface area (Å²) < 4.78 is 5.31. The minimum absolute atomic E-state index is 0. The van der Waals surface area contributed by atoms with Crippen LogP contribution in [0.5, 0.6) is 0 Å². The molecule has 0 unspecified atom stereocenters. The standard InChI is InChI=1S/C8H12BN2OS.Y/c1-2-11(9)10-7-12-6-8-4-3-5-13-8;/h3-4,10H,2,6-7H2,1H3;/q-1;. The second-order valence-electron chi connectivity index (χ2n) is 2.46. The summed E-state index contributed by atoms with van der Waals surface area (Å²) in [5.41, 5.74) is 2.88. The predicted molar refractivity (Wildman–Crippen MR) is 54.1 cm³/mol. The van der Waals surface area contributed by atoms with E-state index in [4.69, 9.17) is 12.7 Å². The maximum Gasteiger partial charge on any atom is 0.206 e. The third kappa shape index (κ3) is 6.27. The summed E-state index contributed by atoms with van der Waals surface area (Å²) in [7, 11) is 5.47. The maximum atomic E-state index is 5.47. The topological polar surface area (TPSA) is 24.5 Å². The molecule has 14 heavy (non-hydrogen) atoms. The van der Waals surface area contributed by atoms with Crippen molar-refractivity contribution in [2.75, 3.05) is 13.3 Å². The van der Waals surface area contributed by atoms with Crippen LogP contribution in [0.25, 0.3) is 0 Å². The summed E-state index contributed by atoms with van der Waals surface area (Å²) in [4.78, 5) is 2.66. The van der Waals surface area contributed by atoms with Gasteiger partial charge in [-0.3, -0.25) is 16.3 Å². The van der Waals surface area contributed by atoms with E-state index in [9.17, 15) is 0 Å². The third-order valence-electron chi connectivity index (χ3n) is 1.48. The van der Waals surface area contributed by atoms with Crippen molar-refractivity contribution in [2.24, 2.45) is 0 Å². The Balaban J connectivity index is 0.00000169. The van der Waals surface area contributed by atoms with Crippen LogP contribution < -0.4 is 5.43 Å². The van der Waals surface area contributed by atoms with Gasteiger partial charge in [0.15, 0.2) is 0 Å². The van der Waals surface area contributed by atoms with Crippen molar-refractivity contribution in [3.05, 3.63) is 22.4 Å². The number of rotatable bonds is 6. The normalized spacial score (nSPS) is 10.1. The van der Waals surface area contributed by atoms with Gasteiger partial charge in [-0.1, -0.05) is 6.92 Å². The van der Waals surface area contributed by atoms with E-state index in [1.807, 2.05) is 19.1 Å². The number of hydrogen-bond acceptors (Lipinski definition) is 4. The van der Waals surface area contributed by atoms with Crippen molar-refractivity contribution in [1.29, 1.82) is 0 Å². The van der Waals surface area contributed by atoms with Gasteiger partial charge >= 0.3 is 0 Å². The third-order valence-corrected chi connectivity index (χ3v) is 2.25. The van der Waals surface area contributed by atoms with Crippen molar-refractivity contribution >= 4 is 19.3 Å². The van der Waals surface area contributed by atoms with Crippen LogP contribution >= 0.6 is 11.3 Å². The van der Waals surface area contributed by atoms with Crippen LogP contribution in [0, 0.1) is 5.38 Å². The van der Waals surface area contributed by atoms with Crippen LogP contribution in [-0.4, -0.2) is 26.2 Å². The molecule has 0 spiro atoms. The molecule has 0 saturated heterocycles. The predicted octanol–water partition coefficient (Wildman–Crippen LogP) is 0.930. The van der Waals surface area contributed by atoms with Crippen molar-refractivity contribution in [3.63, 3.8) is 0 Å². The fourth-order valence-electron chi connectivity index (χ4n) is 0.740. The molecule has 0 aromatic carbocycles. The summed E-state index contributed by atoms with van der Waals surface area (Å²) in [5.74, 6) is 0. The average Bonchev–Trinajstić information content (AvgIpc) is 2.64. The van der Waals surface area contributed by atoms with Crippen LogP contribution in [-0.2, 0) is 44.1 Å². The summed E-state index contributed by atoms with van der Waals surface area (Å²) in [6, 6.07) is 3.88. The van der Waals surface area contributed by atoms with Gasteiger partial charge in [0.25, 0.3) is 0 Å². The minimum Gasteiger partial charge on any atom is -0.373 e. The van der Waals surface area contributed by atoms with Gasteiger partial charge in [0, 0.05) is 39.3 Å². The Kier molecular flexibility index (Phi) is 9.49. The van der Waals surface area contributed by atoms with Gasteiger partial charge in [0.2, 0.25) is 7.98 Å². The fraction of sp³-hybridized carbons (Fsp3) is 0.500. The summed E-state index contributed by atoms with van der Waals surface area (Å²) >= 11 is 1.56. The van der Waals surface area contributed by atoms with Crippen molar-refractivity contribution in [3.8, 4) is 0 Å². The van der Waals surface area contributed by atoms with Crippen molar-refractivity contribution < 1.29 is 37.4 Å². The summed E-state index contributed by atoms with van der Waals surface area (Å²) in [6.07, 6.45) is 0. The number of nitrogens with one attached hydrogen (secondary N) is 1. The Bertz CT molecular complexity index is 223. The molecule has 1 aromatic rings. The molecule has 0 saturated carbocycles. The van der Waals surface area contributed by atoms with E-state index < -0.39 is 0 Å². The molecule has 0 fully saturated rings. The van der Waals surface area contributed by atoms with Crippen LogP contribution in [0.4, 0.5) is 0 Å². The molecule has 0 amide bonds. The molecule has 0 aliphatic heterocycles. The summed E-state index contributed by atoms with van der Waals surface area (Å²) in [6.45, 7) is 3.75. The quantitative estimate of drug-likeness (QED) is 0.276. The molecule has 6 heteroatoms. The van der Waals surface area contributed by atoms with Gasteiger partial charge in [-0.25, -0.2) is 5.43 Å². The van der Waals surface area contributed by atoms with Gasteiger partial charge in [0.1, 0.15) is 6.73 Å². The molecule has 0 aliphatic rings. The monoisotopic (exact) mass is 284 g/mol. The molecule has 0 bridgehead atoms. The zero-order valence-corrected chi connectivity index (χ0v) is 11.8. The van der Waals surface area contributed by atoms with E-state index in [0.29, 0.717) is 13.3 Å². The molecule has 1 heterocycles. The van der Waals surface area contributed by atoms with Gasteiger partial charge in [0.05, 0.1) is 0 Å². The van der Waals surface area contributed by atoms with Gasteiger partial charge < -0.3 is 4.74 Å². The molecule has 1 N–H and O–H groups in total. The number of thiophene rings is 1. The van der Waals surface area contributed by atoms with Crippen molar-refractivity contribution in [1.82, 2.24) is 10.3 Å². The number of nitrogens with zero attached hydrogens (tertiary/aromatic N) is 1. The maximum absolute atomic E-state index is 5.47. The molecular formula is C8H12BN2OSY-. The van der Waals surface area contributed by atoms with E-state index in [-0.39, 0.29) is 32.7 Å². The first-order valence-corrected chi connectivity index (χ1v) is 4.93. The number of ether oxygens (including phenoxy) is 1. The Labute approximate surface area is 115 Å². The van der Waals surface area contributed by atoms with Gasteiger partial charge in [-0.2, -0.15) is 12.1 Å². The first-order chi connectivity index (χ1) is 6.33. The minimum atomic E-state index is 0. The Morgan fingerprint density at radius 2 is 2.50 bits per heavy atom. The molecule has 73 valence electrons. The van der Waals surface area contributed by atoms with E-state index in [1.165, 1.54) is 9.80 Å². The molecule has 1 rings (SSSR count). The average molecular weight is 284 g/mol. The number of hydrazine groups is 1. The van der Waals surface area contributed by atoms with Gasteiger partial charge in [-0.15, -0.1) is 10.3 Å². The van der Waals surface area contributed by atoms with Crippen LogP contribution in [0.2, 0.25) is 0 Å². The molecular weight excluding hydrogens is 272 g/mol. The van der Waals surface area contributed by atoms with E-state index >= 15 is 0 Å². The molecule has 0 atom stereocenters.